The van der Waals surface area contributed by atoms with Gasteiger partial charge in [0.25, 0.3) is 11.7 Å². The van der Waals surface area contributed by atoms with Crippen LogP contribution in [0.2, 0.25) is 0 Å². The van der Waals surface area contributed by atoms with Gasteiger partial charge in [-0.15, -0.1) is 0 Å². The maximum absolute atomic E-state index is 13.3. The zero-order valence-electron chi connectivity index (χ0n) is 7.88. The van der Waals surface area contributed by atoms with Crippen molar-refractivity contribution in [3.63, 3.8) is 0 Å². The van der Waals surface area contributed by atoms with Crippen molar-refractivity contribution in [3.05, 3.63) is 29.3 Å². The normalized spacial score (nSPS) is 14.7. The first-order valence-electron chi connectivity index (χ1n) is 4.41. The van der Waals surface area contributed by atoms with E-state index in [0.717, 1.165) is 11.0 Å². The minimum atomic E-state index is -0.883. The monoisotopic (exact) mass is 211 g/mol. The number of nitrogens with zero attached hydrogens (tertiary/aromatic N) is 1. The van der Waals surface area contributed by atoms with Crippen molar-refractivity contribution in [1.29, 1.82) is 0 Å². The van der Waals surface area contributed by atoms with Gasteiger partial charge in [0, 0.05) is 12.6 Å². The van der Waals surface area contributed by atoms with Crippen LogP contribution in [0, 0.1) is 11.6 Å². The highest BCUT2D eigenvalue weighted by Gasteiger charge is 2.37. The van der Waals surface area contributed by atoms with Crippen LogP contribution < -0.4 is 4.90 Å². The summed E-state index contributed by atoms with van der Waals surface area (Å²) in [5.41, 5.74) is -0.312. The van der Waals surface area contributed by atoms with E-state index in [2.05, 4.69) is 0 Å². The lowest BCUT2D eigenvalue weighted by Crippen LogP contribution is -2.29. The van der Waals surface area contributed by atoms with Gasteiger partial charge in [-0.2, -0.15) is 0 Å². The molecule has 1 aliphatic rings. The Morgan fingerprint density at radius 1 is 1.27 bits per heavy atom. The highest BCUT2D eigenvalue weighted by atomic mass is 19.1. The predicted octanol–water partition coefficient (Wildman–Crippen LogP) is 1.51. The molecule has 0 aromatic heterocycles. The number of hydrogen-bond donors (Lipinski definition) is 0. The lowest BCUT2D eigenvalue weighted by molar-refractivity contribution is -0.114. The third-order valence-electron chi connectivity index (χ3n) is 2.30. The Balaban J connectivity index is 2.70. The molecule has 0 spiro atoms. The summed E-state index contributed by atoms with van der Waals surface area (Å²) in [6.07, 6.45) is 0. The number of carbonyl (C=O) groups is 2. The second-order valence-corrected chi connectivity index (χ2v) is 3.16. The summed E-state index contributed by atoms with van der Waals surface area (Å²) < 4.78 is 26.2. The molecular weight excluding hydrogens is 204 g/mol. The molecule has 0 atom stereocenters. The van der Waals surface area contributed by atoms with Crippen molar-refractivity contribution < 1.29 is 18.4 Å². The molecule has 3 nitrogen and oxygen atoms in total. The van der Waals surface area contributed by atoms with E-state index >= 15 is 0 Å². The Bertz CT molecular complexity index is 471. The maximum atomic E-state index is 13.3. The zero-order valence-corrected chi connectivity index (χ0v) is 7.88. The first kappa shape index (κ1) is 9.76. The van der Waals surface area contributed by atoms with Gasteiger partial charge in [0.15, 0.2) is 5.82 Å². The summed E-state index contributed by atoms with van der Waals surface area (Å²) in [7, 11) is 0. The van der Waals surface area contributed by atoms with Crippen molar-refractivity contribution in [2.24, 2.45) is 0 Å². The second kappa shape index (κ2) is 3.12. The molecule has 2 rings (SSSR count). The third kappa shape index (κ3) is 1.23. The number of carbonyl (C=O) groups excluding carboxylic acids is 2. The number of rotatable bonds is 1. The average Bonchev–Trinajstić information content (AvgIpc) is 2.42. The molecule has 78 valence electrons. The van der Waals surface area contributed by atoms with Gasteiger partial charge in [-0.3, -0.25) is 9.59 Å². The quantitative estimate of drug-likeness (QED) is 0.660. The molecule has 0 radical (unpaired) electrons. The van der Waals surface area contributed by atoms with Crippen LogP contribution in [-0.2, 0) is 4.79 Å². The van der Waals surface area contributed by atoms with E-state index in [1.165, 1.54) is 0 Å². The molecule has 1 aromatic carbocycles. The first-order chi connectivity index (χ1) is 7.06. The van der Waals surface area contributed by atoms with Gasteiger partial charge in [0.05, 0.1) is 11.3 Å². The SMILES string of the molecule is CCN1C(=O)C(=O)c2cc(F)cc(F)c21. The number of anilines is 1. The summed E-state index contributed by atoms with van der Waals surface area (Å²) in [6, 6.07) is 1.54. The molecule has 1 aliphatic heterocycles. The molecule has 0 saturated carbocycles. The summed E-state index contributed by atoms with van der Waals surface area (Å²) in [5, 5.41) is 0. The Labute approximate surface area is 84.3 Å². The van der Waals surface area contributed by atoms with E-state index < -0.39 is 23.3 Å². The van der Waals surface area contributed by atoms with Crippen molar-refractivity contribution in [2.45, 2.75) is 6.92 Å². The average molecular weight is 211 g/mol. The lowest BCUT2D eigenvalue weighted by atomic mass is 10.1. The third-order valence-corrected chi connectivity index (χ3v) is 2.30. The van der Waals surface area contributed by atoms with Gasteiger partial charge in [-0.25, -0.2) is 8.78 Å². The van der Waals surface area contributed by atoms with Crippen molar-refractivity contribution in [2.75, 3.05) is 11.4 Å². The fourth-order valence-corrected chi connectivity index (χ4v) is 1.65. The molecule has 0 N–H and O–H groups in total. The van der Waals surface area contributed by atoms with Crippen LogP contribution in [0.4, 0.5) is 14.5 Å². The number of hydrogen-bond acceptors (Lipinski definition) is 2. The highest BCUT2D eigenvalue weighted by molar-refractivity contribution is 6.52. The van der Waals surface area contributed by atoms with Crippen molar-refractivity contribution in [1.82, 2.24) is 0 Å². The number of fused-ring (bicyclic) bond motifs is 1. The fraction of sp³-hybridized carbons (Fsp3) is 0.200. The molecule has 5 heteroatoms. The van der Waals surface area contributed by atoms with Crippen molar-refractivity contribution in [3.8, 4) is 0 Å². The topological polar surface area (TPSA) is 37.4 Å². The van der Waals surface area contributed by atoms with E-state index in [9.17, 15) is 18.4 Å². The number of likely N-dealkylation sites (N-methyl/N-ethyl adjacent to an activating group) is 1. The number of ketones is 1. The van der Waals surface area contributed by atoms with Crippen LogP contribution in [-0.4, -0.2) is 18.2 Å². The molecular formula is C10H7F2NO2. The van der Waals surface area contributed by atoms with E-state index in [-0.39, 0.29) is 17.8 Å². The predicted molar refractivity (Wildman–Crippen MR) is 48.7 cm³/mol. The van der Waals surface area contributed by atoms with Gasteiger partial charge in [-0.05, 0) is 13.0 Å². The van der Waals surface area contributed by atoms with Gasteiger partial charge >= 0.3 is 0 Å². The van der Waals surface area contributed by atoms with Gasteiger partial charge < -0.3 is 4.90 Å². The maximum Gasteiger partial charge on any atom is 0.299 e. The highest BCUT2D eigenvalue weighted by Crippen LogP contribution is 2.32. The van der Waals surface area contributed by atoms with E-state index in [1.54, 1.807) is 6.92 Å². The zero-order chi connectivity index (χ0) is 11.2. The smallest absolute Gasteiger partial charge is 0.299 e. The number of benzene rings is 1. The fourth-order valence-electron chi connectivity index (χ4n) is 1.65. The minimum absolute atomic E-state index is 0.117. The Kier molecular flexibility index (Phi) is 2.03. The van der Waals surface area contributed by atoms with Gasteiger partial charge in [-0.1, -0.05) is 0 Å². The molecule has 1 heterocycles. The van der Waals surface area contributed by atoms with Crippen LogP contribution in [0.3, 0.4) is 0 Å². The van der Waals surface area contributed by atoms with E-state index in [0.29, 0.717) is 6.07 Å². The summed E-state index contributed by atoms with van der Waals surface area (Å²) >= 11 is 0. The largest absolute Gasteiger partial charge is 0.302 e. The molecule has 0 saturated heterocycles. The number of amides is 1. The Hall–Kier alpha value is -1.78. The molecule has 15 heavy (non-hydrogen) atoms. The minimum Gasteiger partial charge on any atom is -0.302 e. The summed E-state index contributed by atoms with van der Waals surface area (Å²) in [6.45, 7) is 1.79. The standard InChI is InChI=1S/C10H7F2NO2/c1-2-13-8-6(9(14)10(13)15)3-5(11)4-7(8)12/h3-4H,2H2,1H3. The molecule has 1 aromatic rings. The lowest BCUT2D eigenvalue weighted by Gasteiger charge is -2.13. The molecule has 0 bridgehead atoms. The van der Waals surface area contributed by atoms with Gasteiger partial charge in [0.2, 0.25) is 0 Å². The van der Waals surface area contributed by atoms with E-state index in [1.807, 2.05) is 0 Å². The van der Waals surface area contributed by atoms with Crippen LogP contribution in [0.5, 0.6) is 0 Å². The second-order valence-electron chi connectivity index (χ2n) is 3.16. The number of halogens is 2. The molecule has 1 amide bonds. The molecule has 0 fully saturated rings. The molecule has 0 aliphatic carbocycles. The van der Waals surface area contributed by atoms with Crippen LogP contribution in [0.25, 0.3) is 0 Å². The van der Waals surface area contributed by atoms with Crippen LogP contribution in [0.15, 0.2) is 12.1 Å². The Morgan fingerprint density at radius 2 is 1.93 bits per heavy atom. The van der Waals surface area contributed by atoms with Gasteiger partial charge in [0.1, 0.15) is 5.82 Å². The number of Topliss-reactive ketones (excluding diaryl/α,β-unsaturated/α-hetero) is 1. The Morgan fingerprint density at radius 3 is 2.53 bits per heavy atom. The van der Waals surface area contributed by atoms with Crippen LogP contribution >= 0.6 is 0 Å². The summed E-state index contributed by atoms with van der Waals surface area (Å²) in [5.74, 6) is -3.40. The first-order valence-corrected chi connectivity index (χ1v) is 4.41. The molecule has 0 unspecified atom stereocenters. The summed E-state index contributed by atoms with van der Waals surface area (Å²) in [4.78, 5) is 23.7. The van der Waals surface area contributed by atoms with Crippen molar-refractivity contribution >= 4 is 17.4 Å². The van der Waals surface area contributed by atoms with Crippen LogP contribution in [0.1, 0.15) is 17.3 Å². The van der Waals surface area contributed by atoms with E-state index in [4.69, 9.17) is 0 Å².